The molecule has 1 saturated heterocycles. The highest BCUT2D eigenvalue weighted by atomic mass is 16.5. The van der Waals surface area contributed by atoms with E-state index < -0.39 is 6.10 Å². The van der Waals surface area contributed by atoms with Gasteiger partial charge in [0.05, 0.1) is 13.2 Å². The van der Waals surface area contributed by atoms with E-state index in [1.54, 1.807) is 36.3 Å². The Labute approximate surface area is 112 Å². The molecular formula is C14H19NO4. The van der Waals surface area contributed by atoms with E-state index in [1.807, 2.05) is 0 Å². The summed E-state index contributed by atoms with van der Waals surface area (Å²) in [6, 6.07) is 7.09. The molecule has 104 valence electrons. The number of carbonyl (C=O) groups is 1. The number of aliphatic hydroxyl groups excluding tert-OH is 1. The first-order valence-electron chi connectivity index (χ1n) is 6.41. The van der Waals surface area contributed by atoms with Gasteiger partial charge in [0, 0.05) is 13.1 Å². The number of β-amino-alcohol motifs (C(OH)–C–C–N with tert-alkyl or cyclic N) is 1. The average Bonchev–Trinajstić information content (AvgIpc) is 2.45. The van der Waals surface area contributed by atoms with Crippen molar-refractivity contribution in [3.8, 4) is 11.5 Å². The van der Waals surface area contributed by atoms with E-state index in [-0.39, 0.29) is 12.5 Å². The zero-order valence-electron chi connectivity index (χ0n) is 11.0. The third-order valence-electron chi connectivity index (χ3n) is 3.17. The Morgan fingerprint density at radius 3 is 2.68 bits per heavy atom. The van der Waals surface area contributed by atoms with Gasteiger partial charge in [0.25, 0.3) is 5.91 Å². The summed E-state index contributed by atoms with van der Waals surface area (Å²) in [6.45, 7) is 1.10. The number of piperidine rings is 1. The number of benzene rings is 1. The second-order valence-corrected chi connectivity index (χ2v) is 4.60. The molecule has 0 spiro atoms. The quantitative estimate of drug-likeness (QED) is 0.884. The van der Waals surface area contributed by atoms with Crippen LogP contribution in [0.2, 0.25) is 0 Å². The molecule has 1 aromatic rings. The fraction of sp³-hybridized carbons (Fsp3) is 0.500. The third kappa shape index (κ3) is 3.86. The fourth-order valence-electron chi connectivity index (χ4n) is 2.09. The topological polar surface area (TPSA) is 59.0 Å². The maximum absolute atomic E-state index is 11.9. The molecule has 0 bridgehead atoms. The van der Waals surface area contributed by atoms with Crippen molar-refractivity contribution in [2.75, 3.05) is 26.8 Å². The van der Waals surface area contributed by atoms with Gasteiger partial charge in [-0.1, -0.05) is 0 Å². The summed E-state index contributed by atoms with van der Waals surface area (Å²) in [5.74, 6) is 1.29. The van der Waals surface area contributed by atoms with Crippen molar-refractivity contribution >= 4 is 5.91 Å². The van der Waals surface area contributed by atoms with Crippen LogP contribution in [0.3, 0.4) is 0 Å². The molecule has 1 amide bonds. The maximum atomic E-state index is 11.9. The van der Waals surface area contributed by atoms with Gasteiger partial charge < -0.3 is 19.5 Å². The average molecular weight is 265 g/mol. The minimum absolute atomic E-state index is 0.000944. The van der Waals surface area contributed by atoms with Gasteiger partial charge in [-0.05, 0) is 37.1 Å². The third-order valence-corrected chi connectivity index (χ3v) is 3.17. The van der Waals surface area contributed by atoms with Gasteiger partial charge in [-0.3, -0.25) is 4.79 Å². The van der Waals surface area contributed by atoms with Crippen LogP contribution in [0.5, 0.6) is 11.5 Å². The number of carbonyl (C=O) groups excluding carboxylic acids is 1. The molecule has 0 saturated carbocycles. The van der Waals surface area contributed by atoms with Crippen LogP contribution in [0.15, 0.2) is 24.3 Å². The van der Waals surface area contributed by atoms with E-state index in [0.29, 0.717) is 18.8 Å². The normalized spacial score (nSPS) is 19.1. The van der Waals surface area contributed by atoms with Crippen LogP contribution in [-0.4, -0.2) is 48.8 Å². The fourth-order valence-corrected chi connectivity index (χ4v) is 2.09. The Bertz CT molecular complexity index is 418. The van der Waals surface area contributed by atoms with E-state index in [0.717, 1.165) is 18.6 Å². The first-order valence-corrected chi connectivity index (χ1v) is 6.41. The van der Waals surface area contributed by atoms with Gasteiger partial charge in [0.1, 0.15) is 11.5 Å². The first kappa shape index (κ1) is 13.7. The molecule has 5 heteroatoms. The number of likely N-dealkylation sites (tertiary alicyclic amines) is 1. The predicted octanol–water partition coefficient (Wildman–Crippen LogP) is 1.06. The highest BCUT2D eigenvalue weighted by Crippen LogP contribution is 2.17. The van der Waals surface area contributed by atoms with E-state index in [2.05, 4.69) is 0 Å². The summed E-state index contributed by atoms with van der Waals surface area (Å²) in [7, 11) is 1.60. The predicted molar refractivity (Wildman–Crippen MR) is 70.3 cm³/mol. The number of hydrogen-bond donors (Lipinski definition) is 1. The molecule has 1 aromatic carbocycles. The minimum atomic E-state index is -0.404. The molecule has 0 aliphatic carbocycles. The van der Waals surface area contributed by atoms with Crippen LogP contribution in [0, 0.1) is 0 Å². The maximum Gasteiger partial charge on any atom is 0.260 e. The number of hydrogen-bond acceptors (Lipinski definition) is 4. The van der Waals surface area contributed by atoms with E-state index in [1.165, 1.54) is 0 Å². The summed E-state index contributed by atoms with van der Waals surface area (Å²) in [6.07, 6.45) is 1.21. The summed E-state index contributed by atoms with van der Waals surface area (Å²) < 4.78 is 10.5. The Balaban J connectivity index is 1.82. The molecule has 1 fully saturated rings. The molecule has 0 aromatic heterocycles. The van der Waals surface area contributed by atoms with Crippen LogP contribution in [0.4, 0.5) is 0 Å². The second kappa shape index (κ2) is 6.43. The Kier molecular flexibility index (Phi) is 4.63. The Morgan fingerprint density at radius 2 is 2.05 bits per heavy atom. The summed E-state index contributed by atoms with van der Waals surface area (Å²) >= 11 is 0. The van der Waals surface area contributed by atoms with Crippen LogP contribution in [-0.2, 0) is 4.79 Å². The van der Waals surface area contributed by atoms with Gasteiger partial charge in [-0.25, -0.2) is 0 Å². The molecule has 1 aliphatic rings. The van der Waals surface area contributed by atoms with Crippen molar-refractivity contribution in [2.45, 2.75) is 18.9 Å². The minimum Gasteiger partial charge on any atom is -0.497 e. The van der Waals surface area contributed by atoms with Crippen molar-refractivity contribution < 1.29 is 19.4 Å². The van der Waals surface area contributed by atoms with Gasteiger partial charge in [0.2, 0.25) is 0 Å². The largest absolute Gasteiger partial charge is 0.497 e. The lowest BCUT2D eigenvalue weighted by molar-refractivity contribution is -0.136. The molecule has 1 atom stereocenters. The number of methoxy groups -OCH3 is 1. The van der Waals surface area contributed by atoms with Crippen molar-refractivity contribution in [3.05, 3.63) is 24.3 Å². The zero-order chi connectivity index (χ0) is 13.7. The number of ether oxygens (including phenoxy) is 2. The van der Waals surface area contributed by atoms with Crippen molar-refractivity contribution in [1.82, 2.24) is 4.90 Å². The molecule has 5 nitrogen and oxygen atoms in total. The van der Waals surface area contributed by atoms with Crippen molar-refractivity contribution in [3.63, 3.8) is 0 Å². The summed E-state index contributed by atoms with van der Waals surface area (Å²) in [5, 5.41) is 9.52. The second-order valence-electron chi connectivity index (χ2n) is 4.60. The lowest BCUT2D eigenvalue weighted by atomic mass is 10.1. The molecule has 0 radical (unpaired) electrons. The summed E-state index contributed by atoms with van der Waals surface area (Å²) in [5.41, 5.74) is 0. The number of aliphatic hydroxyl groups is 1. The smallest absolute Gasteiger partial charge is 0.260 e. The number of amides is 1. The number of nitrogens with zero attached hydrogens (tertiary/aromatic N) is 1. The van der Waals surface area contributed by atoms with Crippen LogP contribution in [0.25, 0.3) is 0 Å². The SMILES string of the molecule is COc1ccc(OCC(=O)N2CCC[C@H](O)C2)cc1. The lowest BCUT2D eigenvalue weighted by Crippen LogP contribution is -2.44. The highest BCUT2D eigenvalue weighted by Gasteiger charge is 2.22. The van der Waals surface area contributed by atoms with Gasteiger partial charge in [-0.15, -0.1) is 0 Å². The lowest BCUT2D eigenvalue weighted by Gasteiger charge is -2.30. The van der Waals surface area contributed by atoms with Gasteiger partial charge in [-0.2, -0.15) is 0 Å². The van der Waals surface area contributed by atoms with Crippen LogP contribution >= 0.6 is 0 Å². The van der Waals surface area contributed by atoms with Crippen LogP contribution < -0.4 is 9.47 Å². The Morgan fingerprint density at radius 1 is 1.37 bits per heavy atom. The van der Waals surface area contributed by atoms with Crippen LogP contribution in [0.1, 0.15) is 12.8 Å². The molecular weight excluding hydrogens is 246 g/mol. The monoisotopic (exact) mass is 265 g/mol. The van der Waals surface area contributed by atoms with Gasteiger partial charge >= 0.3 is 0 Å². The van der Waals surface area contributed by atoms with E-state index >= 15 is 0 Å². The Hall–Kier alpha value is -1.75. The highest BCUT2D eigenvalue weighted by molar-refractivity contribution is 5.77. The molecule has 1 aliphatic heterocycles. The zero-order valence-corrected chi connectivity index (χ0v) is 11.0. The van der Waals surface area contributed by atoms with Crippen molar-refractivity contribution in [2.24, 2.45) is 0 Å². The number of rotatable bonds is 4. The first-order chi connectivity index (χ1) is 9.19. The van der Waals surface area contributed by atoms with Gasteiger partial charge in [0.15, 0.2) is 6.61 Å². The van der Waals surface area contributed by atoms with Crippen molar-refractivity contribution in [1.29, 1.82) is 0 Å². The summed E-state index contributed by atoms with van der Waals surface area (Å²) in [4.78, 5) is 13.6. The van der Waals surface area contributed by atoms with E-state index in [4.69, 9.17) is 9.47 Å². The molecule has 0 unspecified atom stereocenters. The molecule has 2 rings (SSSR count). The standard InChI is InChI=1S/C14H19NO4/c1-18-12-4-6-13(7-5-12)19-10-14(17)15-8-2-3-11(16)9-15/h4-7,11,16H,2-3,8-10H2,1H3/t11-/m0/s1. The molecule has 19 heavy (non-hydrogen) atoms. The molecule has 1 N–H and O–H groups in total. The molecule has 1 heterocycles. The van der Waals surface area contributed by atoms with E-state index in [9.17, 15) is 9.90 Å².